The minimum Gasteiger partial charge on any atom is -0.306 e. The number of rotatable bonds is 7. The Bertz CT molecular complexity index is 548. The van der Waals surface area contributed by atoms with Crippen molar-refractivity contribution in [3.05, 3.63) is 34.4 Å². The summed E-state index contributed by atoms with van der Waals surface area (Å²) in [5, 5.41) is 7.60. The molecule has 2 atom stereocenters. The number of ketones is 1. The van der Waals surface area contributed by atoms with Gasteiger partial charge in [-0.25, -0.2) is 0 Å². The van der Waals surface area contributed by atoms with Crippen molar-refractivity contribution < 1.29 is 4.79 Å². The van der Waals surface area contributed by atoms with Crippen LogP contribution in [0.5, 0.6) is 0 Å². The Balaban J connectivity index is 5.70. The molecule has 0 aromatic heterocycles. The quantitative estimate of drug-likeness (QED) is 0.410. The molecule has 0 aromatic rings. The average Bonchev–Trinajstić information content (AvgIpc) is 2.43. The lowest BCUT2D eigenvalue weighted by Crippen LogP contribution is -2.13. The zero-order valence-corrected chi connectivity index (χ0v) is 15.2. The number of nitrogens with zero attached hydrogens (tertiary/aromatic N) is 1. The molecule has 0 saturated carbocycles. The predicted octanol–water partition coefficient (Wildman–Crippen LogP) is 4.80. The highest BCUT2D eigenvalue weighted by Gasteiger charge is 2.17. The van der Waals surface area contributed by atoms with Crippen LogP contribution in [0.2, 0.25) is 0 Å². The van der Waals surface area contributed by atoms with Gasteiger partial charge in [-0.1, -0.05) is 25.0 Å². The van der Waals surface area contributed by atoms with Crippen LogP contribution in [0.25, 0.3) is 0 Å². The van der Waals surface area contributed by atoms with Gasteiger partial charge in [-0.3, -0.25) is 9.79 Å². The van der Waals surface area contributed by atoms with Crippen molar-refractivity contribution in [2.75, 3.05) is 7.05 Å². The second-order valence-electron chi connectivity index (χ2n) is 6.06. The summed E-state index contributed by atoms with van der Waals surface area (Å²) in [6, 6.07) is 0. The van der Waals surface area contributed by atoms with Gasteiger partial charge in [-0.2, -0.15) is 0 Å². The molecule has 0 aliphatic rings. The van der Waals surface area contributed by atoms with Crippen molar-refractivity contribution in [3.63, 3.8) is 0 Å². The molecule has 22 heavy (non-hydrogen) atoms. The van der Waals surface area contributed by atoms with Gasteiger partial charge in [0, 0.05) is 19.0 Å². The van der Waals surface area contributed by atoms with E-state index in [1.54, 1.807) is 20.9 Å². The Labute approximate surface area is 135 Å². The SMILES string of the molecule is C\N=C/C(/C=C(\C)C(C)=O)=C(/C)[C@H](C)[C@@H](C)/C(C)=C\C(C)=N. The van der Waals surface area contributed by atoms with Crippen molar-refractivity contribution in [2.24, 2.45) is 16.8 Å². The molecular weight excluding hydrogens is 272 g/mol. The number of allylic oxidation sites excluding steroid dienone is 6. The zero-order chi connectivity index (χ0) is 17.4. The molecule has 1 N–H and O–H groups in total. The molecule has 122 valence electrons. The number of carbonyl (C=O) groups excluding carboxylic acids is 1. The van der Waals surface area contributed by atoms with Crippen LogP contribution in [0.4, 0.5) is 0 Å². The molecule has 0 aromatic carbocycles. The van der Waals surface area contributed by atoms with Gasteiger partial charge in [0.1, 0.15) is 0 Å². The molecule has 0 amide bonds. The summed E-state index contributed by atoms with van der Waals surface area (Å²) in [6.07, 6.45) is 5.64. The van der Waals surface area contributed by atoms with E-state index in [0.717, 1.165) is 11.1 Å². The molecule has 0 saturated heterocycles. The normalized spacial score (nSPS) is 17.3. The van der Waals surface area contributed by atoms with Gasteiger partial charge in [0.25, 0.3) is 0 Å². The summed E-state index contributed by atoms with van der Waals surface area (Å²) in [5.41, 5.74) is 4.69. The van der Waals surface area contributed by atoms with E-state index in [9.17, 15) is 4.79 Å². The Morgan fingerprint density at radius 1 is 1.00 bits per heavy atom. The summed E-state index contributed by atoms with van der Waals surface area (Å²) in [7, 11) is 1.74. The predicted molar refractivity (Wildman–Crippen MR) is 97.0 cm³/mol. The van der Waals surface area contributed by atoms with E-state index in [0.29, 0.717) is 17.5 Å². The lowest BCUT2D eigenvalue weighted by atomic mass is 9.82. The summed E-state index contributed by atoms with van der Waals surface area (Å²) in [4.78, 5) is 15.6. The first-order valence-corrected chi connectivity index (χ1v) is 7.67. The summed E-state index contributed by atoms with van der Waals surface area (Å²) >= 11 is 0. The molecule has 0 spiro atoms. The first-order valence-electron chi connectivity index (χ1n) is 7.67. The second-order valence-corrected chi connectivity index (χ2v) is 6.06. The number of nitrogens with one attached hydrogen (secondary N) is 1. The largest absolute Gasteiger partial charge is 0.306 e. The van der Waals surface area contributed by atoms with E-state index in [1.165, 1.54) is 11.1 Å². The van der Waals surface area contributed by atoms with E-state index in [4.69, 9.17) is 5.41 Å². The topological polar surface area (TPSA) is 53.3 Å². The molecule has 0 aliphatic carbocycles. The standard InChI is InChI=1S/C19H30N2O/c1-12(9-14(3)20)15(4)16(5)17(6)19(11-21-8)10-13(2)18(7)22/h9-11,15-16,20H,1-8H3/b12-9-,13-10+,19-17-,20-14?,21-11-/t15-,16+/m0/s1. The van der Waals surface area contributed by atoms with Crippen LogP contribution in [-0.4, -0.2) is 24.8 Å². The molecule has 0 unspecified atom stereocenters. The van der Waals surface area contributed by atoms with Crippen LogP contribution in [0.15, 0.2) is 39.4 Å². The van der Waals surface area contributed by atoms with Gasteiger partial charge >= 0.3 is 0 Å². The summed E-state index contributed by atoms with van der Waals surface area (Å²) in [5.74, 6) is 0.706. The molecule has 0 heterocycles. The number of hydrogen-bond acceptors (Lipinski definition) is 3. The molecule has 3 heteroatoms. The van der Waals surface area contributed by atoms with E-state index in [1.807, 2.05) is 25.3 Å². The molecule has 3 nitrogen and oxygen atoms in total. The number of aliphatic imine (C=N–C) groups is 1. The smallest absolute Gasteiger partial charge is 0.155 e. The van der Waals surface area contributed by atoms with Gasteiger partial charge < -0.3 is 5.41 Å². The first-order chi connectivity index (χ1) is 10.1. The summed E-state index contributed by atoms with van der Waals surface area (Å²) < 4.78 is 0. The highest BCUT2D eigenvalue weighted by Crippen LogP contribution is 2.28. The van der Waals surface area contributed by atoms with Crippen LogP contribution < -0.4 is 0 Å². The Morgan fingerprint density at radius 3 is 1.95 bits per heavy atom. The third kappa shape index (κ3) is 6.33. The van der Waals surface area contributed by atoms with Crippen molar-refractivity contribution in [1.29, 1.82) is 5.41 Å². The molecule has 0 fully saturated rings. The Morgan fingerprint density at radius 2 is 1.55 bits per heavy atom. The van der Waals surface area contributed by atoms with Gasteiger partial charge in [0.15, 0.2) is 5.78 Å². The second kappa shape index (κ2) is 9.29. The molecule has 0 rings (SSSR count). The third-order valence-electron chi connectivity index (χ3n) is 4.25. The van der Waals surface area contributed by atoms with Crippen LogP contribution >= 0.6 is 0 Å². The fraction of sp³-hybridized carbons (Fsp3) is 0.526. The first kappa shape index (κ1) is 20.2. The third-order valence-corrected chi connectivity index (χ3v) is 4.25. The molecule has 0 radical (unpaired) electrons. The van der Waals surface area contributed by atoms with Gasteiger partial charge in [0.2, 0.25) is 0 Å². The van der Waals surface area contributed by atoms with Crippen LogP contribution in [-0.2, 0) is 4.79 Å². The number of carbonyl (C=O) groups is 1. The molecular formula is C19H30N2O. The number of Topliss-reactive ketones (excluding diaryl/α,β-unsaturated/α-hetero) is 1. The van der Waals surface area contributed by atoms with Gasteiger partial charge in [0.05, 0.1) is 0 Å². The molecule has 0 aliphatic heterocycles. The molecule has 0 bridgehead atoms. The van der Waals surface area contributed by atoms with Crippen molar-refractivity contribution in [3.8, 4) is 0 Å². The Hall–Kier alpha value is -1.77. The van der Waals surface area contributed by atoms with E-state index in [-0.39, 0.29) is 5.78 Å². The lowest BCUT2D eigenvalue weighted by Gasteiger charge is -2.23. The highest BCUT2D eigenvalue weighted by molar-refractivity contribution is 5.95. The van der Waals surface area contributed by atoms with Gasteiger partial charge in [-0.15, -0.1) is 0 Å². The van der Waals surface area contributed by atoms with E-state index < -0.39 is 0 Å². The minimum absolute atomic E-state index is 0.0750. The summed E-state index contributed by atoms with van der Waals surface area (Å²) in [6.45, 7) is 13.7. The zero-order valence-electron chi connectivity index (χ0n) is 15.2. The van der Waals surface area contributed by atoms with Crippen molar-refractivity contribution in [1.82, 2.24) is 0 Å². The maximum absolute atomic E-state index is 11.5. The number of hydrogen-bond donors (Lipinski definition) is 1. The fourth-order valence-corrected chi connectivity index (χ4v) is 2.23. The monoisotopic (exact) mass is 302 g/mol. The van der Waals surface area contributed by atoms with Gasteiger partial charge in [-0.05, 0) is 69.8 Å². The van der Waals surface area contributed by atoms with Crippen molar-refractivity contribution >= 4 is 17.7 Å². The highest BCUT2D eigenvalue weighted by atomic mass is 16.1. The van der Waals surface area contributed by atoms with Crippen LogP contribution in [0, 0.1) is 17.2 Å². The fourth-order valence-electron chi connectivity index (χ4n) is 2.23. The van der Waals surface area contributed by atoms with Crippen molar-refractivity contribution in [2.45, 2.75) is 48.5 Å². The average molecular weight is 302 g/mol. The minimum atomic E-state index is 0.0750. The Kier molecular flexibility index (Phi) is 8.54. The maximum atomic E-state index is 11.5. The maximum Gasteiger partial charge on any atom is 0.155 e. The van der Waals surface area contributed by atoms with E-state index >= 15 is 0 Å². The van der Waals surface area contributed by atoms with Crippen LogP contribution in [0.1, 0.15) is 48.5 Å². The van der Waals surface area contributed by atoms with Crippen LogP contribution in [0.3, 0.4) is 0 Å². The van der Waals surface area contributed by atoms with E-state index in [2.05, 4.69) is 32.7 Å². The lowest BCUT2D eigenvalue weighted by molar-refractivity contribution is -0.113.